The van der Waals surface area contributed by atoms with E-state index in [0.717, 1.165) is 16.5 Å². The predicted octanol–water partition coefficient (Wildman–Crippen LogP) is 4.51. The molecule has 0 atom stereocenters. The summed E-state index contributed by atoms with van der Waals surface area (Å²) in [5.74, 6) is -0.729. The number of anilines is 1. The summed E-state index contributed by atoms with van der Waals surface area (Å²) in [5, 5.41) is 2.73. The van der Waals surface area contributed by atoms with E-state index in [1.165, 1.54) is 0 Å². The maximum absolute atomic E-state index is 13.2. The van der Waals surface area contributed by atoms with Crippen LogP contribution in [0.2, 0.25) is 5.02 Å². The number of carbonyl (C=O) groups excluding carboxylic acids is 1. The van der Waals surface area contributed by atoms with Crippen molar-refractivity contribution < 1.29 is 19.0 Å². The van der Waals surface area contributed by atoms with Gasteiger partial charge in [0.05, 0.1) is 30.5 Å². The highest BCUT2D eigenvalue weighted by Gasteiger charge is 2.56. The average Bonchev–Trinajstić information content (AvgIpc) is 3.32. The lowest BCUT2D eigenvalue weighted by molar-refractivity contribution is -0.180. The molecule has 1 amide bonds. The van der Waals surface area contributed by atoms with Crippen molar-refractivity contribution >= 4 is 34.0 Å². The lowest BCUT2D eigenvalue weighted by Crippen LogP contribution is -2.41. The van der Waals surface area contributed by atoms with Gasteiger partial charge in [-0.1, -0.05) is 60.1 Å². The largest absolute Gasteiger partial charge is 0.493 e. The van der Waals surface area contributed by atoms with Crippen LogP contribution >= 0.6 is 11.6 Å². The summed E-state index contributed by atoms with van der Waals surface area (Å²) in [6.45, 7) is 1.71. The number of hydrogen-bond donors (Lipinski definition) is 0. The summed E-state index contributed by atoms with van der Waals surface area (Å²) in [6.07, 6.45) is 0.649. The smallest absolute Gasteiger partial charge is 0.292 e. The second-order valence-corrected chi connectivity index (χ2v) is 7.49. The molecule has 0 unspecified atom stereocenters. The third-order valence-electron chi connectivity index (χ3n) is 5.37. The summed E-state index contributed by atoms with van der Waals surface area (Å²) >= 11 is 6.43. The van der Waals surface area contributed by atoms with Crippen molar-refractivity contribution in [2.45, 2.75) is 12.2 Å². The number of para-hydroxylation sites is 1. The minimum atomic E-state index is -1.35. The number of amides is 1. The van der Waals surface area contributed by atoms with Gasteiger partial charge in [-0.15, -0.1) is 0 Å². The van der Waals surface area contributed by atoms with E-state index in [9.17, 15) is 4.79 Å². The Balaban J connectivity index is 1.32. The zero-order valence-electron chi connectivity index (χ0n) is 15.8. The van der Waals surface area contributed by atoms with Gasteiger partial charge in [0.2, 0.25) is 0 Å². The number of hydrogen-bond acceptors (Lipinski definition) is 4. The first kappa shape index (κ1) is 18.4. The van der Waals surface area contributed by atoms with Crippen molar-refractivity contribution in [3.05, 3.63) is 71.2 Å². The molecule has 29 heavy (non-hydrogen) atoms. The Morgan fingerprint density at radius 1 is 1.00 bits per heavy atom. The van der Waals surface area contributed by atoms with E-state index < -0.39 is 5.79 Å². The standard InChI is InChI=1S/C23H20ClNO4/c24-19-10-4-9-18-21(19)25(22(26)23(18)28-14-15-29-23)12-5-13-27-20-11-3-7-16-6-1-2-8-17(16)20/h1-4,6-11H,5,12-15H2. The lowest BCUT2D eigenvalue weighted by atomic mass is 10.1. The van der Waals surface area contributed by atoms with Crippen LogP contribution in [0.4, 0.5) is 5.69 Å². The summed E-state index contributed by atoms with van der Waals surface area (Å²) in [4.78, 5) is 14.8. The van der Waals surface area contributed by atoms with Crippen molar-refractivity contribution in [1.29, 1.82) is 0 Å². The van der Waals surface area contributed by atoms with E-state index in [-0.39, 0.29) is 5.91 Å². The van der Waals surface area contributed by atoms with Gasteiger partial charge in [0, 0.05) is 17.5 Å². The Bertz CT molecular complexity index is 1070. The fraction of sp³-hybridized carbons (Fsp3) is 0.261. The van der Waals surface area contributed by atoms with Crippen LogP contribution in [0.15, 0.2) is 60.7 Å². The van der Waals surface area contributed by atoms with Crippen molar-refractivity contribution in [3.63, 3.8) is 0 Å². The number of fused-ring (bicyclic) bond motifs is 3. The van der Waals surface area contributed by atoms with Crippen LogP contribution in [0.3, 0.4) is 0 Å². The van der Waals surface area contributed by atoms with Crippen LogP contribution in [0.1, 0.15) is 12.0 Å². The second kappa shape index (κ2) is 7.34. The number of nitrogens with zero attached hydrogens (tertiary/aromatic N) is 1. The van der Waals surface area contributed by atoms with Gasteiger partial charge >= 0.3 is 0 Å². The zero-order valence-corrected chi connectivity index (χ0v) is 16.5. The molecule has 1 spiro atoms. The average molecular weight is 410 g/mol. The molecular formula is C23H20ClNO4. The third-order valence-corrected chi connectivity index (χ3v) is 5.67. The van der Waals surface area contributed by atoms with E-state index in [4.69, 9.17) is 25.8 Å². The highest BCUT2D eigenvalue weighted by molar-refractivity contribution is 6.35. The number of benzene rings is 3. The maximum atomic E-state index is 13.2. The predicted molar refractivity (Wildman–Crippen MR) is 111 cm³/mol. The van der Waals surface area contributed by atoms with Gasteiger partial charge in [-0.05, 0) is 23.9 Å². The van der Waals surface area contributed by atoms with Crippen molar-refractivity contribution in [2.75, 3.05) is 31.3 Å². The number of ether oxygens (including phenoxy) is 3. The van der Waals surface area contributed by atoms with Gasteiger partial charge in [-0.3, -0.25) is 4.79 Å². The van der Waals surface area contributed by atoms with Gasteiger partial charge in [-0.2, -0.15) is 0 Å². The molecule has 3 aromatic carbocycles. The van der Waals surface area contributed by atoms with E-state index in [0.29, 0.717) is 49.1 Å². The quantitative estimate of drug-likeness (QED) is 0.582. The first-order chi connectivity index (χ1) is 14.2. The minimum Gasteiger partial charge on any atom is -0.493 e. The molecule has 0 N–H and O–H groups in total. The van der Waals surface area contributed by atoms with Gasteiger partial charge < -0.3 is 19.1 Å². The normalized spacial score (nSPS) is 17.3. The molecule has 2 aliphatic rings. The topological polar surface area (TPSA) is 48.0 Å². The molecule has 0 aromatic heterocycles. The summed E-state index contributed by atoms with van der Waals surface area (Å²) < 4.78 is 17.5. The van der Waals surface area contributed by atoms with E-state index >= 15 is 0 Å². The molecule has 1 saturated heterocycles. The van der Waals surface area contributed by atoms with Crippen LogP contribution in [0, 0.1) is 0 Å². The van der Waals surface area contributed by atoms with Gasteiger partial charge in [0.1, 0.15) is 5.75 Å². The Hall–Kier alpha value is -2.60. The molecule has 0 saturated carbocycles. The molecular weight excluding hydrogens is 390 g/mol. The van der Waals surface area contributed by atoms with Gasteiger partial charge in [0.15, 0.2) is 0 Å². The first-order valence-corrected chi connectivity index (χ1v) is 10.1. The minimum absolute atomic E-state index is 0.219. The fourth-order valence-electron chi connectivity index (χ4n) is 4.08. The van der Waals surface area contributed by atoms with E-state index in [1.54, 1.807) is 11.0 Å². The molecule has 0 radical (unpaired) electrons. The monoisotopic (exact) mass is 409 g/mol. The highest BCUT2D eigenvalue weighted by atomic mass is 35.5. The molecule has 5 nitrogen and oxygen atoms in total. The van der Waals surface area contributed by atoms with Crippen LogP contribution in [0.25, 0.3) is 10.8 Å². The summed E-state index contributed by atoms with van der Waals surface area (Å²) in [7, 11) is 0. The van der Waals surface area contributed by atoms with Crippen LogP contribution in [0.5, 0.6) is 5.75 Å². The van der Waals surface area contributed by atoms with Crippen molar-refractivity contribution in [2.24, 2.45) is 0 Å². The van der Waals surface area contributed by atoms with Gasteiger partial charge in [-0.25, -0.2) is 0 Å². The van der Waals surface area contributed by atoms with E-state index in [2.05, 4.69) is 12.1 Å². The summed E-state index contributed by atoms with van der Waals surface area (Å²) in [5.41, 5.74) is 1.36. The van der Waals surface area contributed by atoms with Crippen molar-refractivity contribution in [3.8, 4) is 5.75 Å². The molecule has 3 aromatic rings. The molecule has 0 aliphatic carbocycles. The highest BCUT2D eigenvalue weighted by Crippen LogP contribution is 2.48. The molecule has 148 valence electrons. The number of carbonyl (C=O) groups is 1. The lowest BCUT2D eigenvalue weighted by Gasteiger charge is -2.22. The zero-order chi connectivity index (χ0) is 19.8. The Labute approximate surface area is 173 Å². The molecule has 1 fully saturated rings. The molecule has 6 heteroatoms. The number of halogens is 1. The number of rotatable bonds is 5. The van der Waals surface area contributed by atoms with Crippen LogP contribution < -0.4 is 9.64 Å². The SMILES string of the molecule is O=C1N(CCCOc2cccc3ccccc23)c2c(Cl)cccc2C12OCCO2. The fourth-order valence-corrected chi connectivity index (χ4v) is 4.36. The summed E-state index contributed by atoms with van der Waals surface area (Å²) in [6, 6.07) is 19.6. The third kappa shape index (κ3) is 2.97. The molecule has 2 heterocycles. The molecule has 0 bridgehead atoms. The van der Waals surface area contributed by atoms with Crippen molar-refractivity contribution in [1.82, 2.24) is 0 Å². The first-order valence-electron chi connectivity index (χ1n) is 9.70. The van der Waals surface area contributed by atoms with Gasteiger partial charge in [0.25, 0.3) is 11.7 Å². The maximum Gasteiger partial charge on any atom is 0.292 e. The Kier molecular flexibility index (Phi) is 4.66. The van der Waals surface area contributed by atoms with Crippen LogP contribution in [-0.2, 0) is 20.1 Å². The Morgan fingerprint density at radius 3 is 2.62 bits per heavy atom. The molecule has 2 aliphatic heterocycles. The van der Waals surface area contributed by atoms with Crippen LogP contribution in [-0.4, -0.2) is 32.3 Å². The second-order valence-electron chi connectivity index (χ2n) is 7.09. The molecule has 5 rings (SSSR count). The Morgan fingerprint density at radius 2 is 1.76 bits per heavy atom. The van der Waals surface area contributed by atoms with E-state index in [1.807, 2.05) is 42.5 Å².